The lowest BCUT2D eigenvalue weighted by Crippen LogP contribution is -2.60. The predicted molar refractivity (Wildman–Crippen MR) is 218 cm³/mol. The molecule has 0 spiro atoms. The highest BCUT2D eigenvalue weighted by Gasteiger charge is 2.44. The van der Waals surface area contributed by atoms with Gasteiger partial charge in [-0.25, -0.2) is 0 Å². The van der Waals surface area contributed by atoms with Crippen LogP contribution in [0.4, 0.5) is 0 Å². The topological polar surface area (TPSA) is 206 Å². The Morgan fingerprint density at radius 1 is 0.768 bits per heavy atom. The number of ether oxygens (including phenoxy) is 2. The van der Waals surface area contributed by atoms with Crippen LogP contribution in [0.1, 0.15) is 174 Å². The highest BCUT2D eigenvalue weighted by atomic mass is 16.7. The summed E-state index contributed by atoms with van der Waals surface area (Å²) in [6, 6.07) is -1.06. The average molecular weight is 798 g/mol. The van der Waals surface area contributed by atoms with Crippen molar-refractivity contribution in [3.8, 4) is 0 Å². The van der Waals surface area contributed by atoms with E-state index in [1.807, 2.05) is 6.08 Å². The van der Waals surface area contributed by atoms with E-state index in [0.29, 0.717) is 38.5 Å². The molecule has 12 heteroatoms. The third kappa shape index (κ3) is 19.8. The molecule has 8 N–H and O–H groups in total. The molecule has 1 saturated heterocycles. The number of aliphatic hydroxyl groups excluding tert-OH is 7. The van der Waals surface area contributed by atoms with Gasteiger partial charge >= 0.3 is 0 Å². The highest BCUT2D eigenvalue weighted by Crippen LogP contribution is 2.29. The van der Waals surface area contributed by atoms with Gasteiger partial charge < -0.3 is 50.5 Å². The van der Waals surface area contributed by atoms with Crippen molar-refractivity contribution < 1.29 is 54.8 Å². The third-order valence-electron chi connectivity index (χ3n) is 11.3. The minimum absolute atomic E-state index is 0.168. The molecule has 0 saturated carbocycles. The summed E-state index contributed by atoms with van der Waals surface area (Å²) in [6.45, 7) is 3.37. The molecule has 12 nitrogen and oxygen atoms in total. The van der Waals surface area contributed by atoms with Gasteiger partial charge in [0.2, 0.25) is 5.91 Å². The Kier molecular flexibility index (Phi) is 27.3. The second-order valence-electron chi connectivity index (χ2n) is 16.2. The van der Waals surface area contributed by atoms with Crippen LogP contribution in [0.25, 0.3) is 0 Å². The Balaban J connectivity index is 1.83. The maximum absolute atomic E-state index is 13.1. The van der Waals surface area contributed by atoms with Crippen molar-refractivity contribution in [1.82, 2.24) is 5.32 Å². The van der Waals surface area contributed by atoms with Crippen LogP contribution >= 0.6 is 0 Å². The number of amides is 1. The highest BCUT2D eigenvalue weighted by molar-refractivity contribution is 5.99. The van der Waals surface area contributed by atoms with Crippen LogP contribution in [0, 0.1) is 0 Å². The van der Waals surface area contributed by atoms with Crippen LogP contribution in [-0.2, 0) is 19.1 Å². The van der Waals surface area contributed by atoms with Gasteiger partial charge in [-0.1, -0.05) is 135 Å². The molecule has 2 aliphatic rings. The lowest BCUT2D eigenvalue weighted by molar-refractivity contribution is -0.303. The van der Waals surface area contributed by atoms with Gasteiger partial charge in [-0.2, -0.15) is 0 Å². The molecule has 1 aliphatic heterocycles. The molecule has 9 atom stereocenters. The molecule has 1 aliphatic carbocycles. The zero-order valence-electron chi connectivity index (χ0n) is 34.7. The van der Waals surface area contributed by atoms with E-state index in [0.717, 1.165) is 75.4 Å². The summed E-state index contributed by atoms with van der Waals surface area (Å²) in [5.41, 5.74) is 1.86. The Morgan fingerprint density at radius 3 is 1.98 bits per heavy atom. The average Bonchev–Trinajstić information content (AvgIpc) is 3.54. The molecule has 1 heterocycles. The number of hydrogen-bond acceptors (Lipinski definition) is 11. The molecule has 0 bridgehead atoms. The minimum Gasteiger partial charge on any atom is -0.394 e. The fourth-order valence-corrected chi connectivity index (χ4v) is 7.62. The van der Waals surface area contributed by atoms with E-state index >= 15 is 0 Å². The number of nitrogens with one attached hydrogen (secondary N) is 1. The summed E-state index contributed by atoms with van der Waals surface area (Å²) in [4.78, 5) is 25.6. The van der Waals surface area contributed by atoms with E-state index in [1.165, 1.54) is 51.4 Å². The fraction of sp³-hybridized carbons (Fsp3) is 0.864. The summed E-state index contributed by atoms with van der Waals surface area (Å²) in [5.74, 6) is -0.177. The number of hydrogen-bond donors (Lipinski definition) is 8. The summed E-state index contributed by atoms with van der Waals surface area (Å²) >= 11 is 0. The van der Waals surface area contributed by atoms with Crippen LogP contribution in [0.15, 0.2) is 23.3 Å². The van der Waals surface area contributed by atoms with Crippen molar-refractivity contribution >= 4 is 11.7 Å². The van der Waals surface area contributed by atoms with Crippen LogP contribution in [0.2, 0.25) is 0 Å². The van der Waals surface area contributed by atoms with Crippen molar-refractivity contribution in [3.05, 3.63) is 23.3 Å². The molecular formula is C44H79NO11. The van der Waals surface area contributed by atoms with Crippen molar-refractivity contribution in [2.24, 2.45) is 0 Å². The Labute approximate surface area is 337 Å². The first-order chi connectivity index (χ1) is 27.0. The fourth-order valence-electron chi connectivity index (χ4n) is 7.62. The van der Waals surface area contributed by atoms with Crippen LogP contribution in [-0.4, -0.2) is 116 Å². The maximum atomic E-state index is 13.1. The van der Waals surface area contributed by atoms with E-state index in [9.17, 15) is 45.3 Å². The lowest BCUT2D eigenvalue weighted by atomic mass is 9.98. The van der Waals surface area contributed by atoms with E-state index in [1.54, 1.807) is 6.08 Å². The summed E-state index contributed by atoms with van der Waals surface area (Å²) in [7, 11) is 0. The molecule has 2 rings (SSSR count). The van der Waals surface area contributed by atoms with Gasteiger partial charge in [0.1, 0.15) is 30.5 Å². The summed E-state index contributed by atoms with van der Waals surface area (Å²) in [6.07, 6.45) is 16.5. The van der Waals surface area contributed by atoms with E-state index in [-0.39, 0.29) is 24.7 Å². The zero-order chi connectivity index (χ0) is 41.1. The predicted octanol–water partition coefficient (Wildman–Crippen LogP) is 5.60. The number of unbranched alkanes of at least 4 members (excludes halogenated alkanes) is 16. The van der Waals surface area contributed by atoms with Crippen molar-refractivity contribution in [1.29, 1.82) is 0 Å². The van der Waals surface area contributed by atoms with Gasteiger partial charge in [-0.05, 0) is 49.7 Å². The Bertz CT molecular complexity index is 1110. The molecule has 1 fully saturated rings. The van der Waals surface area contributed by atoms with Crippen molar-refractivity contribution in [2.75, 3.05) is 13.2 Å². The van der Waals surface area contributed by atoms with Crippen molar-refractivity contribution in [2.45, 2.75) is 229 Å². The molecule has 326 valence electrons. The molecule has 56 heavy (non-hydrogen) atoms. The number of rotatable bonds is 33. The number of Topliss-reactive ketones (excluding diaryl/α,β-unsaturated/α-hetero) is 1. The smallest absolute Gasteiger partial charge is 0.220 e. The molecule has 0 radical (unpaired) electrons. The van der Waals surface area contributed by atoms with Gasteiger partial charge in [0.15, 0.2) is 12.1 Å². The quantitative estimate of drug-likeness (QED) is 0.0384. The normalized spacial score (nSPS) is 23.9. The second-order valence-corrected chi connectivity index (χ2v) is 16.2. The lowest BCUT2D eigenvalue weighted by Gasteiger charge is -2.40. The minimum atomic E-state index is -1.64. The summed E-state index contributed by atoms with van der Waals surface area (Å²) in [5, 5.41) is 75.4. The standard InChI is InChI=1S/C44H79NO11/c1-3-5-7-8-9-10-11-12-13-14-15-20-24-37(49)40(51)35(31-55-44-43(54)42(53)41(52)38(30-46)56-44)45-39(50)25-21-17-16-19-23-34-32(27-29-36(34)48)26-28-33(47)22-18-6-4-2/h26,28,33,35,37-38,40-44,46-47,49,51-54H,3-25,27,29-31H2,1-2H3,(H,45,50)/b28-26+/t33-,35-,37+,38?,40-,41?,42?,43?,44?/m0/s1. The van der Waals surface area contributed by atoms with Gasteiger partial charge in [0, 0.05) is 12.8 Å². The van der Waals surface area contributed by atoms with Gasteiger partial charge in [0.05, 0.1) is 31.5 Å². The van der Waals surface area contributed by atoms with Gasteiger partial charge in [-0.3, -0.25) is 9.59 Å². The molecule has 1 amide bonds. The largest absolute Gasteiger partial charge is 0.394 e. The third-order valence-corrected chi connectivity index (χ3v) is 11.3. The molecule has 5 unspecified atom stereocenters. The summed E-state index contributed by atoms with van der Waals surface area (Å²) < 4.78 is 11.1. The first kappa shape index (κ1) is 50.4. The first-order valence-electron chi connectivity index (χ1n) is 22.2. The number of allylic oxidation sites excluding steroid dienone is 3. The monoisotopic (exact) mass is 798 g/mol. The maximum Gasteiger partial charge on any atom is 0.220 e. The Morgan fingerprint density at radius 2 is 1.34 bits per heavy atom. The number of ketones is 1. The molecule has 0 aromatic heterocycles. The van der Waals surface area contributed by atoms with Crippen LogP contribution in [0.5, 0.6) is 0 Å². The SMILES string of the molecule is CCCCCCCCCCCCCC[C@@H](O)[C@@H](O)[C@H](COC1OC(CO)C(O)C(O)C1O)NC(=O)CCCCCCC1=C(/C=C/[C@@H](O)CCCCC)CCC1=O. The molecule has 0 aromatic carbocycles. The Hall–Kier alpha value is -1.74. The van der Waals surface area contributed by atoms with Crippen LogP contribution in [0.3, 0.4) is 0 Å². The zero-order valence-corrected chi connectivity index (χ0v) is 34.7. The van der Waals surface area contributed by atoms with Gasteiger partial charge in [0.25, 0.3) is 0 Å². The van der Waals surface area contributed by atoms with E-state index < -0.39 is 61.7 Å². The number of carbonyl (C=O) groups is 2. The molecular weight excluding hydrogens is 718 g/mol. The van der Waals surface area contributed by atoms with Crippen LogP contribution < -0.4 is 5.32 Å². The number of aliphatic hydroxyl groups is 7. The van der Waals surface area contributed by atoms with Gasteiger partial charge in [-0.15, -0.1) is 0 Å². The van der Waals surface area contributed by atoms with Crippen molar-refractivity contribution in [3.63, 3.8) is 0 Å². The number of carbonyl (C=O) groups excluding carboxylic acids is 2. The van der Waals surface area contributed by atoms with E-state index in [4.69, 9.17) is 9.47 Å². The molecule has 0 aromatic rings. The second kappa shape index (κ2) is 30.3. The first-order valence-corrected chi connectivity index (χ1v) is 22.2. The van der Waals surface area contributed by atoms with E-state index in [2.05, 4.69) is 19.2 Å².